The molecule has 1 saturated heterocycles. The largest absolute Gasteiger partial charge is 0.497 e. The molecule has 1 unspecified atom stereocenters. The van der Waals surface area contributed by atoms with Crippen LogP contribution in [0.5, 0.6) is 5.75 Å². The summed E-state index contributed by atoms with van der Waals surface area (Å²) in [7, 11) is 1.63. The molecule has 2 aromatic carbocycles. The van der Waals surface area contributed by atoms with E-state index < -0.39 is 0 Å². The van der Waals surface area contributed by atoms with E-state index in [0.717, 1.165) is 28.2 Å². The number of rotatable bonds is 7. The lowest BCUT2D eigenvalue weighted by Gasteiger charge is -2.18. The molecule has 31 heavy (non-hydrogen) atoms. The van der Waals surface area contributed by atoms with E-state index in [4.69, 9.17) is 14.5 Å². The maximum Gasteiger partial charge on any atom is 0.326 e. The molecule has 7 nitrogen and oxygen atoms in total. The van der Waals surface area contributed by atoms with Crippen LogP contribution in [-0.4, -0.2) is 46.1 Å². The first kappa shape index (κ1) is 20.9. The number of hydrogen-bond donors (Lipinski definition) is 0. The third kappa shape index (κ3) is 4.55. The van der Waals surface area contributed by atoms with Gasteiger partial charge in [0.1, 0.15) is 18.1 Å². The molecule has 1 fully saturated rings. The number of esters is 1. The van der Waals surface area contributed by atoms with Gasteiger partial charge in [0.25, 0.3) is 0 Å². The number of para-hydroxylation sites is 2. The van der Waals surface area contributed by atoms with Crippen LogP contribution in [0.1, 0.15) is 37.6 Å². The number of nitrogens with zero attached hydrogens (tertiary/aromatic N) is 3. The summed E-state index contributed by atoms with van der Waals surface area (Å²) in [5.41, 5.74) is 2.74. The maximum absolute atomic E-state index is 12.8. The van der Waals surface area contributed by atoms with Crippen molar-refractivity contribution in [3.05, 3.63) is 59.9 Å². The van der Waals surface area contributed by atoms with E-state index in [1.807, 2.05) is 71.8 Å². The summed E-state index contributed by atoms with van der Waals surface area (Å²) in [6.07, 6.45) is 0.192. The quantitative estimate of drug-likeness (QED) is 0.546. The first-order valence-electron chi connectivity index (χ1n) is 10.5. The molecule has 0 radical (unpaired) electrons. The van der Waals surface area contributed by atoms with Crippen molar-refractivity contribution >= 4 is 22.9 Å². The Labute approximate surface area is 181 Å². The van der Waals surface area contributed by atoms with E-state index in [9.17, 15) is 9.59 Å². The molecule has 4 rings (SSSR count). The van der Waals surface area contributed by atoms with Crippen molar-refractivity contribution < 1.29 is 19.1 Å². The van der Waals surface area contributed by atoms with Crippen LogP contribution in [0.2, 0.25) is 0 Å². The minimum absolute atomic E-state index is 0.0787. The Morgan fingerprint density at radius 1 is 1.16 bits per heavy atom. The molecule has 0 N–H and O–H groups in total. The summed E-state index contributed by atoms with van der Waals surface area (Å²) >= 11 is 0. The van der Waals surface area contributed by atoms with Gasteiger partial charge in [-0.2, -0.15) is 0 Å². The predicted molar refractivity (Wildman–Crippen MR) is 117 cm³/mol. The van der Waals surface area contributed by atoms with Crippen LogP contribution < -0.4 is 4.74 Å². The average Bonchev–Trinajstić information content (AvgIpc) is 3.28. The van der Waals surface area contributed by atoms with Crippen LogP contribution >= 0.6 is 0 Å². The Hall–Kier alpha value is -3.35. The average molecular weight is 421 g/mol. The number of benzene rings is 2. The van der Waals surface area contributed by atoms with Crippen LogP contribution in [-0.2, 0) is 27.4 Å². The van der Waals surface area contributed by atoms with Gasteiger partial charge in [-0.05, 0) is 43.7 Å². The lowest BCUT2D eigenvalue weighted by atomic mass is 10.1. The molecule has 1 amide bonds. The van der Waals surface area contributed by atoms with Gasteiger partial charge in [-0.15, -0.1) is 0 Å². The Kier molecular flexibility index (Phi) is 5.93. The summed E-state index contributed by atoms with van der Waals surface area (Å²) in [6.45, 7) is 4.84. The number of imidazole rings is 1. The predicted octanol–water partition coefficient (Wildman–Crippen LogP) is 3.51. The molecule has 0 bridgehead atoms. The first-order chi connectivity index (χ1) is 14.9. The molecular formula is C24H27N3O4. The Balaban J connectivity index is 1.57. The van der Waals surface area contributed by atoms with Crippen LogP contribution in [0.3, 0.4) is 0 Å². The van der Waals surface area contributed by atoms with Gasteiger partial charge in [0, 0.05) is 25.4 Å². The lowest BCUT2D eigenvalue weighted by molar-refractivity contribution is -0.148. The van der Waals surface area contributed by atoms with Crippen molar-refractivity contribution in [2.24, 2.45) is 0 Å². The molecule has 7 heteroatoms. The zero-order valence-electron chi connectivity index (χ0n) is 18.1. The number of fused-ring (bicyclic) bond motifs is 1. The molecule has 1 aliphatic heterocycles. The number of methoxy groups -OCH3 is 1. The smallest absolute Gasteiger partial charge is 0.326 e. The number of ether oxygens (including phenoxy) is 2. The van der Waals surface area contributed by atoms with E-state index in [1.54, 1.807) is 7.11 Å². The zero-order valence-corrected chi connectivity index (χ0v) is 18.1. The number of carbonyl (C=O) groups is 2. The standard InChI is InChI=1S/C24H27N3O4/c1-16(2)31-23(29)15-27-21-7-5-4-6-20(21)25-24(27)18-12-22(28)26(14-18)13-17-8-10-19(30-3)11-9-17/h4-11,16,18H,12-15H2,1-3H3. The second-order valence-electron chi connectivity index (χ2n) is 8.11. The van der Waals surface area contributed by atoms with E-state index in [0.29, 0.717) is 19.5 Å². The fourth-order valence-electron chi connectivity index (χ4n) is 4.05. The van der Waals surface area contributed by atoms with E-state index in [2.05, 4.69) is 0 Å². The van der Waals surface area contributed by atoms with Gasteiger partial charge in [-0.25, -0.2) is 4.98 Å². The zero-order chi connectivity index (χ0) is 22.0. The normalized spacial score (nSPS) is 16.3. The highest BCUT2D eigenvalue weighted by Gasteiger charge is 2.34. The minimum atomic E-state index is -0.307. The van der Waals surface area contributed by atoms with Crippen molar-refractivity contribution in [1.29, 1.82) is 0 Å². The summed E-state index contributed by atoms with van der Waals surface area (Å²) in [6, 6.07) is 15.4. The first-order valence-corrected chi connectivity index (χ1v) is 10.5. The fourth-order valence-corrected chi connectivity index (χ4v) is 4.05. The topological polar surface area (TPSA) is 73.7 Å². The Morgan fingerprint density at radius 2 is 1.90 bits per heavy atom. The second kappa shape index (κ2) is 8.79. The monoisotopic (exact) mass is 421 g/mol. The molecule has 0 saturated carbocycles. The van der Waals surface area contributed by atoms with E-state index in [-0.39, 0.29) is 30.4 Å². The lowest BCUT2D eigenvalue weighted by Crippen LogP contribution is -2.25. The van der Waals surface area contributed by atoms with Crippen molar-refractivity contribution in [3.63, 3.8) is 0 Å². The molecule has 1 atom stereocenters. The highest BCUT2D eigenvalue weighted by Crippen LogP contribution is 2.31. The highest BCUT2D eigenvalue weighted by atomic mass is 16.5. The van der Waals surface area contributed by atoms with Crippen molar-refractivity contribution in [2.45, 2.75) is 45.4 Å². The van der Waals surface area contributed by atoms with Gasteiger partial charge in [0.15, 0.2) is 0 Å². The van der Waals surface area contributed by atoms with Crippen molar-refractivity contribution in [2.75, 3.05) is 13.7 Å². The minimum Gasteiger partial charge on any atom is -0.497 e. The summed E-state index contributed by atoms with van der Waals surface area (Å²) in [5.74, 6) is 1.25. The maximum atomic E-state index is 12.8. The number of amides is 1. The van der Waals surface area contributed by atoms with Crippen LogP contribution in [0, 0.1) is 0 Å². The molecule has 2 heterocycles. The van der Waals surface area contributed by atoms with Gasteiger partial charge in [-0.1, -0.05) is 24.3 Å². The van der Waals surface area contributed by atoms with Gasteiger partial charge in [-0.3, -0.25) is 9.59 Å². The Bertz CT molecular complexity index is 1090. The van der Waals surface area contributed by atoms with Gasteiger partial charge < -0.3 is 18.9 Å². The van der Waals surface area contributed by atoms with Crippen LogP contribution in [0.15, 0.2) is 48.5 Å². The van der Waals surface area contributed by atoms with E-state index >= 15 is 0 Å². The van der Waals surface area contributed by atoms with Crippen LogP contribution in [0.4, 0.5) is 0 Å². The van der Waals surface area contributed by atoms with Gasteiger partial charge in [0.05, 0.1) is 24.2 Å². The summed E-state index contributed by atoms with van der Waals surface area (Å²) in [4.78, 5) is 31.8. The molecule has 1 aromatic heterocycles. The third-order valence-electron chi connectivity index (χ3n) is 5.45. The third-order valence-corrected chi connectivity index (χ3v) is 5.45. The number of hydrogen-bond acceptors (Lipinski definition) is 5. The second-order valence-corrected chi connectivity index (χ2v) is 8.11. The molecular weight excluding hydrogens is 394 g/mol. The summed E-state index contributed by atoms with van der Waals surface area (Å²) in [5, 5.41) is 0. The fraction of sp³-hybridized carbons (Fsp3) is 0.375. The summed E-state index contributed by atoms with van der Waals surface area (Å²) < 4.78 is 12.5. The molecule has 0 aliphatic carbocycles. The number of likely N-dealkylation sites (tertiary alicyclic amines) is 1. The molecule has 3 aromatic rings. The van der Waals surface area contributed by atoms with Crippen molar-refractivity contribution in [1.82, 2.24) is 14.5 Å². The number of aromatic nitrogens is 2. The highest BCUT2D eigenvalue weighted by molar-refractivity contribution is 5.82. The van der Waals surface area contributed by atoms with Crippen LogP contribution in [0.25, 0.3) is 11.0 Å². The number of carbonyl (C=O) groups excluding carboxylic acids is 2. The van der Waals surface area contributed by atoms with Crippen molar-refractivity contribution in [3.8, 4) is 5.75 Å². The van der Waals surface area contributed by atoms with Gasteiger partial charge in [0.2, 0.25) is 5.91 Å². The Morgan fingerprint density at radius 3 is 2.61 bits per heavy atom. The van der Waals surface area contributed by atoms with Gasteiger partial charge >= 0.3 is 5.97 Å². The van der Waals surface area contributed by atoms with E-state index in [1.165, 1.54) is 0 Å². The molecule has 162 valence electrons. The SMILES string of the molecule is COc1ccc(CN2CC(c3nc4ccccc4n3CC(=O)OC(C)C)CC2=O)cc1. The molecule has 0 spiro atoms. The molecule has 1 aliphatic rings.